The van der Waals surface area contributed by atoms with Gasteiger partial charge in [0.05, 0.1) is 29.2 Å². The fraction of sp³-hybridized carbons (Fsp3) is 0.208. The Morgan fingerprint density at radius 2 is 0.776 bits per heavy atom. The molecule has 3 amide bonds. The van der Waals surface area contributed by atoms with Gasteiger partial charge >= 0.3 is 35.4 Å². The minimum absolute atomic E-state index is 0.0217. The first kappa shape index (κ1) is 71.8. The molecule has 540 valence electrons. The Morgan fingerprint density at radius 1 is 0.402 bits per heavy atom. The monoisotopic (exact) mass is 1440 g/mol. The Morgan fingerprint density at radius 3 is 1.14 bits per heavy atom. The molecule has 27 nitrogen and oxygen atoms in total. The molecule has 0 fully saturated rings. The van der Waals surface area contributed by atoms with Gasteiger partial charge in [-0.25, -0.2) is 48.1 Å². The molecule has 0 aliphatic carbocycles. The van der Waals surface area contributed by atoms with Gasteiger partial charge in [0.2, 0.25) is 5.88 Å². The normalized spacial score (nSPS) is 11.6. The lowest BCUT2D eigenvalue weighted by Gasteiger charge is -2.10. The van der Waals surface area contributed by atoms with Crippen LogP contribution in [-0.2, 0) is 35.9 Å². The quantitative estimate of drug-likeness (QED) is 0.0523. The molecule has 0 aliphatic rings. The molecule has 0 radical (unpaired) electrons. The van der Waals surface area contributed by atoms with Gasteiger partial charge in [-0.15, -0.1) is 0 Å². The number of pyridine rings is 5. The van der Waals surface area contributed by atoms with Crippen LogP contribution >= 0.6 is 0 Å². The fourth-order valence-corrected chi connectivity index (χ4v) is 10.9. The largest absolute Gasteiger partial charge is 0.480 e. The molecule has 11 aromatic heterocycles. The number of halogens is 3. The van der Waals surface area contributed by atoms with Crippen molar-refractivity contribution < 1.29 is 45.9 Å². The molecule has 11 heterocycles. The number of carbonyl (C=O) groups excluding carboxylic acids is 3. The van der Waals surface area contributed by atoms with Gasteiger partial charge in [0.15, 0.2) is 34.4 Å². The number of hydrogen-bond acceptors (Lipinski definition) is 21. The Labute approximate surface area is 608 Å². The van der Waals surface area contributed by atoms with Gasteiger partial charge in [-0.3, -0.25) is 19.4 Å². The van der Waals surface area contributed by atoms with Crippen molar-refractivity contribution in [3.63, 3.8) is 0 Å². The summed E-state index contributed by atoms with van der Waals surface area (Å²) >= 11 is 0. The predicted octanol–water partition coefficient (Wildman–Crippen LogP) is 13.9. The third-order valence-corrected chi connectivity index (χ3v) is 16.7. The highest BCUT2D eigenvalue weighted by atomic mass is 19.1. The van der Waals surface area contributed by atoms with Gasteiger partial charge in [0.25, 0.3) is 0 Å². The number of hydrogen-bond donors (Lipinski definition) is 6. The molecule has 30 heteroatoms. The molecule has 0 spiro atoms. The zero-order valence-electron chi connectivity index (χ0n) is 59.5. The number of rotatable bonds is 16. The lowest BCUT2D eigenvalue weighted by atomic mass is 9.96. The minimum atomic E-state index is -0.571. The second-order valence-corrected chi connectivity index (χ2v) is 27.6. The second-order valence-electron chi connectivity index (χ2n) is 27.6. The van der Waals surface area contributed by atoms with E-state index >= 15 is 4.39 Å². The standard InChI is InChI=1S/C26H24FN7O3.C26H23FN6O2.C25H22FN7O2/c1-26(2,3)25-33-24(37-34-25)22(35)30-13-15-8-7-14(12-18(15)27)16-9-11-28-21-19(16)31-20(32-21)17-6-5-10-29-23(17)36-4;1-26(2,3)25-32-24(35-33-25)23(34)29-14-17-10-9-16(13-19(17)27)18-11-12-28-22-20(18)30-21(31-22)15-7-5-4-6-8-15;1-25(2,3)24-32-23(35-33-24)22(34)29-13-15-7-6-14(11-18(15)26)17-8-10-28-21-19(17)30-20(31-21)16-5-4-9-27-12-16/h5-12H,13H2,1-4H3,(H,30,35)(H,28,31,32);4-13H,14H2,1-3H3,(H,29,34)(H,28,30,31);4-12H,13H2,1-3H3,(H,29,34)(H,28,30,31). The summed E-state index contributed by atoms with van der Waals surface area (Å²) in [4.78, 5) is 94.4. The van der Waals surface area contributed by atoms with Gasteiger partial charge in [-0.2, -0.15) is 15.0 Å². The van der Waals surface area contributed by atoms with Crippen LogP contribution in [0.2, 0.25) is 0 Å². The summed E-state index contributed by atoms with van der Waals surface area (Å²) in [5.74, 6) is 0.00382. The maximum Gasteiger partial charge on any atom is 0.315 e. The van der Waals surface area contributed by atoms with Crippen LogP contribution in [-0.4, -0.2) is 110 Å². The van der Waals surface area contributed by atoms with Gasteiger partial charge in [-0.05, 0) is 77.4 Å². The Kier molecular flexibility index (Phi) is 20.2. The van der Waals surface area contributed by atoms with Crippen LogP contribution in [0, 0.1) is 17.5 Å². The van der Waals surface area contributed by atoms with E-state index in [0.717, 1.165) is 33.3 Å². The Bertz CT molecular complexity index is 5520. The molecule has 0 aliphatic heterocycles. The molecule has 0 saturated carbocycles. The lowest BCUT2D eigenvalue weighted by molar-refractivity contribution is 0.0899. The third-order valence-electron chi connectivity index (χ3n) is 16.7. The zero-order chi connectivity index (χ0) is 75.3. The van der Waals surface area contributed by atoms with Crippen LogP contribution in [0.1, 0.15) is 129 Å². The van der Waals surface area contributed by atoms with Crippen molar-refractivity contribution in [2.75, 3.05) is 7.11 Å². The van der Waals surface area contributed by atoms with E-state index in [9.17, 15) is 23.2 Å². The number of nitrogens with one attached hydrogen (secondary N) is 6. The number of amides is 3. The molecule has 0 bridgehead atoms. The lowest BCUT2D eigenvalue weighted by Crippen LogP contribution is -2.24. The second kappa shape index (κ2) is 30.0. The van der Waals surface area contributed by atoms with E-state index < -0.39 is 35.2 Å². The van der Waals surface area contributed by atoms with E-state index in [-0.39, 0.29) is 53.6 Å². The Hall–Kier alpha value is -13.5. The molecule has 4 aromatic carbocycles. The zero-order valence-corrected chi connectivity index (χ0v) is 59.5. The van der Waals surface area contributed by atoms with Crippen molar-refractivity contribution in [1.82, 2.24) is 101 Å². The number of benzene rings is 4. The summed E-state index contributed by atoms with van der Waals surface area (Å²) in [7, 11) is 1.54. The maximum atomic E-state index is 15.0. The summed E-state index contributed by atoms with van der Waals surface area (Å²) in [6, 6.07) is 37.0. The number of H-pyrrole nitrogens is 3. The summed E-state index contributed by atoms with van der Waals surface area (Å²) < 4.78 is 65.5. The molecule has 0 unspecified atom stereocenters. The number of nitrogens with zero attached hydrogens (tertiary/aromatic N) is 14. The van der Waals surface area contributed by atoms with E-state index in [2.05, 4.69) is 101 Å². The van der Waals surface area contributed by atoms with Crippen molar-refractivity contribution in [2.24, 2.45) is 0 Å². The number of aromatic amines is 3. The van der Waals surface area contributed by atoms with Crippen LogP contribution in [0.25, 0.3) is 101 Å². The average molecular weight is 1440 g/mol. The molecule has 0 atom stereocenters. The first-order valence-corrected chi connectivity index (χ1v) is 33.6. The summed E-state index contributed by atoms with van der Waals surface area (Å²) in [6.07, 6.45) is 9.92. The van der Waals surface area contributed by atoms with E-state index in [1.165, 1.54) is 25.3 Å². The number of imidazole rings is 3. The van der Waals surface area contributed by atoms with Crippen LogP contribution in [0.4, 0.5) is 13.2 Å². The van der Waals surface area contributed by atoms with Crippen molar-refractivity contribution in [2.45, 2.75) is 98.2 Å². The molecular formula is C77H69F3N20O7. The van der Waals surface area contributed by atoms with Crippen molar-refractivity contribution in [1.29, 1.82) is 0 Å². The van der Waals surface area contributed by atoms with Crippen LogP contribution < -0.4 is 20.7 Å². The van der Waals surface area contributed by atoms with Gasteiger partial charge in [0, 0.05) is 118 Å². The maximum absolute atomic E-state index is 15.0. The SMILES string of the molecule is CC(C)(C)c1noc(C(=O)NCc2ccc(-c3ccnc4nc(-c5ccccc5)[nH]c34)cc2F)n1.CC(C)(C)c1noc(C(=O)NCc2ccc(-c3ccnc4nc(-c5cccnc5)[nH]c34)cc2F)n1.COc1ncccc1-c1nc2nccc(-c3ccc(CNC(=O)c4nc(C(C)(C)C)no4)c(F)c3)c2[nH]1. The highest BCUT2D eigenvalue weighted by Gasteiger charge is 2.28. The van der Waals surface area contributed by atoms with Crippen molar-refractivity contribution >= 4 is 51.2 Å². The van der Waals surface area contributed by atoms with Gasteiger partial charge in [-0.1, -0.05) is 145 Å². The van der Waals surface area contributed by atoms with Crippen LogP contribution in [0.5, 0.6) is 5.88 Å². The summed E-state index contributed by atoms with van der Waals surface area (Å²) in [5, 5.41) is 19.4. The van der Waals surface area contributed by atoms with Crippen LogP contribution in [0.3, 0.4) is 0 Å². The molecule has 0 saturated heterocycles. The van der Waals surface area contributed by atoms with E-state index in [1.807, 2.05) is 117 Å². The topological polar surface area (TPSA) is 364 Å². The first-order valence-electron chi connectivity index (χ1n) is 33.6. The smallest absolute Gasteiger partial charge is 0.315 e. The number of aromatic nitrogens is 17. The molecule has 15 rings (SSSR count). The van der Waals surface area contributed by atoms with Crippen LogP contribution in [0.15, 0.2) is 178 Å². The van der Waals surface area contributed by atoms with E-state index in [1.54, 1.807) is 91.8 Å². The average Bonchev–Trinajstić information content (AvgIpc) is 1.66. The predicted molar refractivity (Wildman–Crippen MR) is 389 cm³/mol. The summed E-state index contributed by atoms with van der Waals surface area (Å²) in [6.45, 7) is 17.1. The van der Waals surface area contributed by atoms with E-state index in [4.69, 9.17) is 18.3 Å². The molecule has 15 aromatic rings. The summed E-state index contributed by atoms with van der Waals surface area (Å²) in [5.41, 5.74) is 10.2. The number of fused-ring (bicyclic) bond motifs is 3. The highest BCUT2D eigenvalue weighted by molar-refractivity contribution is 5.95. The van der Waals surface area contributed by atoms with Crippen molar-refractivity contribution in [3.05, 3.63) is 234 Å². The van der Waals surface area contributed by atoms with Gasteiger partial charge in [0.1, 0.15) is 34.9 Å². The molecule has 107 heavy (non-hydrogen) atoms. The Balaban J connectivity index is 0.000000142. The fourth-order valence-electron chi connectivity index (χ4n) is 10.9. The van der Waals surface area contributed by atoms with Gasteiger partial charge < -0.3 is 49.2 Å². The number of carbonyl (C=O) groups is 3. The van der Waals surface area contributed by atoms with Crippen molar-refractivity contribution in [3.8, 4) is 73.4 Å². The third kappa shape index (κ3) is 16.1. The highest BCUT2D eigenvalue weighted by Crippen LogP contribution is 2.35. The molecule has 6 N–H and O–H groups in total. The van der Waals surface area contributed by atoms with E-state index in [0.29, 0.717) is 108 Å². The minimum Gasteiger partial charge on any atom is -0.480 e. The number of methoxy groups -OCH3 is 1. The molecular weight excluding hydrogens is 1370 g/mol. The first-order chi connectivity index (χ1) is 51.3. The number of ether oxygens (including phenoxy) is 1.